The molecule has 3 fully saturated rings. The van der Waals surface area contributed by atoms with E-state index in [0.717, 1.165) is 4.90 Å². The number of carboxylic acid groups (broad SMARTS) is 1. The molecular formula is C16H13Cl2NO4. The number of hydrogen-bond donors (Lipinski definition) is 1. The van der Waals surface area contributed by atoms with Gasteiger partial charge < -0.3 is 5.11 Å². The number of anilines is 1. The Morgan fingerprint density at radius 3 is 2.17 bits per heavy atom. The van der Waals surface area contributed by atoms with Crippen LogP contribution in [0.3, 0.4) is 0 Å². The molecule has 0 aromatic heterocycles. The summed E-state index contributed by atoms with van der Waals surface area (Å²) in [6.45, 7) is 0. The van der Waals surface area contributed by atoms with Crippen LogP contribution in [0, 0.1) is 23.7 Å². The lowest BCUT2D eigenvalue weighted by Gasteiger charge is -2.28. The molecule has 1 aromatic carbocycles. The number of imide groups is 1. The maximum absolute atomic E-state index is 12.8. The van der Waals surface area contributed by atoms with Crippen LogP contribution in [0.25, 0.3) is 0 Å². The van der Waals surface area contributed by atoms with Gasteiger partial charge in [-0.15, -0.1) is 23.2 Å². The lowest BCUT2D eigenvalue weighted by molar-refractivity contribution is -0.123. The molecule has 6 atom stereocenters. The molecule has 1 aliphatic heterocycles. The summed E-state index contributed by atoms with van der Waals surface area (Å²) in [7, 11) is 0. The Kier molecular flexibility index (Phi) is 3.22. The van der Waals surface area contributed by atoms with Gasteiger partial charge in [0.25, 0.3) is 0 Å². The van der Waals surface area contributed by atoms with Gasteiger partial charge in [0.2, 0.25) is 11.8 Å². The molecular weight excluding hydrogens is 341 g/mol. The normalized spacial score (nSPS) is 38.3. The van der Waals surface area contributed by atoms with Gasteiger partial charge in [-0.3, -0.25) is 14.5 Å². The molecule has 3 aliphatic rings. The highest BCUT2D eigenvalue weighted by Gasteiger charge is 2.66. The molecule has 0 radical (unpaired) electrons. The van der Waals surface area contributed by atoms with E-state index in [0.29, 0.717) is 12.1 Å². The third kappa shape index (κ3) is 1.90. The molecule has 6 unspecified atom stereocenters. The van der Waals surface area contributed by atoms with Crippen molar-refractivity contribution in [3.8, 4) is 0 Å². The maximum Gasteiger partial charge on any atom is 0.335 e. The van der Waals surface area contributed by atoms with Crippen LogP contribution in [0.4, 0.5) is 5.69 Å². The van der Waals surface area contributed by atoms with Crippen LogP contribution < -0.4 is 4.90 Å². The van der Waals surface area contributed by atoms with Crippen molar-refractivity contribution in [1.82, 2.24) is 0 Å². The van der Waals surface area contributed by atoms with Crippen molar-refractivity contribution >= 4 is 46.7 Å². The summed E-state index contributed by atoms with van der Waals surface area (Å²) in [5.74, 6) is -2.71. The van der Waals surface area contributed by atoms with Crippen LogP contribution >= 0.6 is 23.2 Å². The molecule has 0 spiro atoms. The second kappa shape index (κ2) is 4.95. The van der Waals surface area contributed by atoms with Crippen LogP contribution in [0.2, 0.25) is 0 Å². The fourth-order valence-electron chi connectivity index (χ4n) is 4.38. The molecule has 1 saturated heterocycles. The van der Waals surface area contributed by atoms with Gasteiger partial charge in [-0.05, 0) is 36.5 Å². The first kappa shape index (κ1) is 15.0. The number of carbonyl (C=O) groups is 3. The standard InChI is InChI=1S/C16H13Cl2NO4/c17-12-8-5-9(13(12)18)11-10(8)14(20)19(15(11)21)7-3-1-2-6(4-7)16(22)23/h1-4,8-13H,5H2,(H,22,23). The number of alkyl halides is 2. The summed E-state index contributed by atoms with van der Waals surface area (Å²) in [6.07, 6.45) is 0.707. The van der Waals surface area contributed by atoms with Gasteiger partial charge in [0.05, 0.1) is 33.8 Å². The Hall–Kier alpha value is -1.59. The fraction of sp³-hybridized carbons (Fsp3) is 0.438. The first-order valence-corrected chi connectivity index (χ1v) is 8.28. The number of fused-ring (bicyclic) bond motifs is 5. The molecule has 1 N–H and O–H groups in total. The number of carboxylic acids is 1. The molecule has 5 nitrogen and oxygen atoms in total. The van der Waals surface area contributed by atoms with Crippen molar-refractivity contribution in [3.05, 3.63) is 29.8 Å². The van der Waals surface area contributed by atoms with Crippen molar-refractivity contribution in [3.63, 3.8) is 0 Å². The van der Waals surface area contributed by atoms with Crippen LogP contribution in [0.1, 0.15) is 16.8 Å². The van der Waals surface area contributed by atoms with Crippen molar-refractivity contribution in [2.24, 2.45) is 23.7 Å². The molecule has 2 saturated carbocycles. The smallest absolute Gasteiger partial charge is 0.335 e. The molecule has 120 valence electrons. The molecule has 1 aromatic rings. The molecule has 1 heterocycles. The van der Waals surface area contributed by atoms with E-state index < -0.39 is 17.8 Å². The van der Waals surface area contributed by atoms with Gasteiger partial charge in [-0.1, -0.05) is 6.07 Å². The lowest BCUT2D eigenvalue weighted by Crippen LogP contribution is -2.37. The Balaban J connectivity index is 1.73. The Labute approximate surface area is 142 Å². The van der Waals surface area contributed by atoms with Crippen molar-refractivity contribution < 1.29 is 19.5 Å². The number of halogens is 2. The minimum Gasteiger partial charge on any atom is -0.478 e. The quantitative estimate of drug-likeness (QED) is 0.654. The first-order chi connectivity index (χ1) is 10.9. The summed E-state index contributed by atoms with van der Waals surface area (Å²) >= 11 is 12.6. The molecule has 7 heteroatoms. The summed E-state index contributed by atoms with van der Waals surface area (Å²) in [5, 5.41) is 8.48. The fourth-order valence-corrected chi connectivity index (χ4v) is 5.27. The summed E-state index contributed by atoms with van der Waals surface area (Å²) in [6, 6.07) is 5.86. The van der Waals surface area contributed by atoms with Gasteiger partial charge >= 0.3 is 5.97 Å². The van der Waals surface area contributed by atoms with E-state index in [2.05, 4.69) is 0 Å². The van der Waals surface area contributed by atoms with Gasteiger partial charge in [-0.2, -0.15) is 0 Å². The van der Waals surface area contributed by atoms with E-state index in [-0.39, 0.29) is 40.0 Å². The zero-order chi connectivity index (χ0) is 16.5. The Bertz CT molecular complexity index is 705. The predicted molar refractivity (Wildman–Crippen MR) is 83.8 cm³/mol. The number of rotatable bonds is 2. The van der Waals surface area contributed by atoms with E-state index >= 15 is 0 Å². The topological polar surface area (TPSA) is 74.7 Å². The van der Waals surface area contributed by atoms with Crippen LogP contribution in [-0.2, 0) is 9.59 Å². The molecule has 2 amide bonds. The highest BCUT2D eigenvalue weighted by Crippen LogP contribution is 2.59. The second-order valence-electron chi connectivity index (χ2n) is 6.37. The average molecular weight is 354 g/mol. The summed E-state index contributed by atoms with van der Waals surface area (Å²) < 4.78 is 0. The van der Waals surface area contributed by atoms with Crippen LogP contribution in [0.15, 0.2) is 24.3 Å². The minimum atomic E-state index is -1.10. The number of nitrogens with zero attached hydrogens (tertiary/aromatic N) is 1. The first-order valence-electron chi connectivity index (χ1n) is 7.41. The maximum atomic E-state index is 12.8. The molecule has 23 heavy (non-hydrogen) atoms. The van der Waals surface area contributed by atoms with Crippen LogP contribution in [0.5, 0.6) is 0 Å². The van der Waals surface area contributed by atoms with Crippen molar-refractivity contribution in [1.29, 1.82) is 0 Å². The summed E-state index contributed by atoms with van der Waals surface area (Å²) in [5.41, 5.74) is 0.333. The Morgan fingerprint density at radius 2 is 1.65 bits per heavy atom. The highest BCUT2D eigenvalue weighted by atomic mass is 35.5. The van der Waals surface area contributed by atoms with Gasteiger partial charge in [-0.25, -0.2) is 4.79 Å². The number of hydrogen-bond acceptors (Lipinski definition) is 3. The van der Waals surface area contributed by atoms with E-state index in [4.69, 9.17) is 28.3 Å². The van der Waals surface area contributed by atoms with Crippen LogP contribution in [-0.4, -0.2) is 33.6 Å². The number of carbonyl (C=O) groups excluding carboxylic acids is 2. The molecule has 2 aliphatic carbocycles. The highest BCUT2D eigenvalue weighted by molar-refractivity contribution is 6.32. The zero-order valence-electron chi connectivity index (χ0n) is 11.9. The molecule has 2 bridgehead atoms. The minimum absolute atomic E-state index is 0.0357. The Morgan fingerprint density at radius 1 is 1.09 bits per heavy atom. The van der Waals surface area contributed by atoms with E-state index in [1.54, 1.807) is 6.07 Å². The van der Waals surface area contributed by atoms with E-state index in [1.807, 2.05) is 0 Å². The summed E-state index contributed by atoms with van der Waals surface area (Å²) in [4.78, 5) is 37.8. The lowest BCUT2D eigenvalue weighted by atomic mass is 9.80. The van der Waals surface area contributed by atoms with Gasteiger partial charge in [0.15, 0.2) is 0 Å². The van der Waals surface area contributed by atoms with E-state index in [9.17, 15) is 14.4 Å². The monoisotopic (exact) mass is 353 g/mol. The predicted octanol–water partition coefficient (Wildman–Crippen LogP) is 2.35. The van der Waals surface area contributed by atoms with Gasteiger partial charge in [0, 0.05) is 0 Å². The number of benzene rings is 1. The molecule has 4 rings (SSSR count). The number of amides is 2. The average Bonchev–Trinajstić information content (AvgIpc) is 3.12. The second-order valence-corrected chi connectivity index (χ2v) is 7.38. The SMILES string of the molecule is O=C(O)c1cccc(N2C(=O)C3C4CC(C(Cl)C4Cl)C3C2=O)c1. The largest absolute Gasteiger partial charge is 0.478 e. The van der Waals surface area contributed by atoms with Crippen molar-refractivity contribution in [2.45, 2.75) is 17.2 Å². The van der Waals surface area contributed by atoms with Crippen molar-refractivity contribution in [2.75, 3.05) is 4.90 Å². The zero-order valence-corrected chi connectivity index (χ0v) is 13.4. The van der Waals surface area contributed by atoms with E-state index in [1.165, 1.54) is 18.2 Å². The number of aromatic carboxylic acids is 1. The van der Waals surface area contributed by atoms with Gasteiger partial charge in [0.1, 0.15) is 0 Å². The third-order valence-electron chi connectivity index (χ3n) is 5.34. The third-order valence-corrected chi connectivity index (χ3v) is 6.66.